The van der Waals surface area contributed by atoms with Crippen LogP contribution in [-0.4, -0.2) is 38.7 Å². The predicted octanol–water partition coefficient (Wildman–Crippen LogP) is 3.37. The zero-order valence-electron chi connectivity index (χ0n) is 15.3. The molecule has 3 aromatic rings. The van der Waals surface area contributed by atoms with Crippen molar-refractivity contribution in [1.82, 2.24) is 19.6 Å². The van der Waals surface area contributed by atoms with Crippen molar-refractivity contribution in [2.75, 3.05) is 18.0 Å². The van der Waals surface area contributed by atoms with Crippen molar-refractivity contribution < 1.29 is 0 Å². The van der Waals surface area contributed by atoms with Gasteiger partial charge in [0.2, 0.25) is 5.95 Å². The van der Waals surface area contributed by atoms with Crippen molar-refractivity contribution in [2.45, 2.75) is 47.9 Å². The van der Waals surface area contributed by atoms with Crippen molar-refractivity contribution >= 4 is 23.4 Å². The second-order valence-electron chi connectivity index (χ2n) is 7.71. The molecule has 2 aliphatic rings. The lowest BCUT2D eigenvalue weighted by atomic mass is 9.74. The smallest absolute Gasteiger partial charge is 0.212 e. The second kappa shape index (κ2) is 6.80. The normalized spacial score (nSPS) is 22.0. The van der Waals surface area contributed by atoms with Gasteiger partial charge in [-0.05, 0) is 43.2 Å². The van der Waals surface area contributed by atoms with Crippen molar-refractivity contribution in [2.24, 2.45) is 11.1 Å². The van der Waals surface area contributed by atoms with Crippen LogP contribution in [0.5, 0.6) is 0 Å². The van der Waals surface area contributed by atoms with E-state index in [1.165, 1.54) is 24.2 Å². The topological polar surface area (TPSA) is 72.3 Å². The van der Waals surface area contributed by atoms with Gasteiger partial charge in [-0.15, -0.1) is 10.2 Å². The van der Waals surface area contributed by atoms with Gasteiger partial charge < -0.3 is 10.6 Å². The standard InChI is InChI=1S/C20H24N6S/c21-17-7-4-8-20(17)9-11-25(12-10-20)19-22-13-16(18-24-23-14-26(18)19)27-15-5-2-1-3-6-15/h1-3,5-6,13-14,17H,4,7-12,21H2/t17-/m1/s1. The number of benzene rings is 1. The lowest BCUT2D eigenvalue weighted by molar-refractivity contribution is 0.197. The molecule has 2 fully saturated rings. The highest BCUT2D eigenvalue weighted by molar-refractivity contribution is 7.99. The van der Waals surface area contributed by atoms with Gasteiger partial charge in [-0.2, -0.15) is 0 Å². The van der Waals surface area contributed by atoms with Crippen LogP contribution in [-0.2, 0) is 0 Å². The van der Waals surface area contributed by atoms with Gasteiger partial charge in [0.1, 0.15) is 6.33 Å². The van der Waals surface area contributed by atoms with Gasteiger partial charge in [-0.3, -0.25) is 0 Å². The zero-order chi connectivity index (χ0) is 18.3. The maximum Gasteiger partial charge on any atom is 0.212 e. The van der Waals surface area contributed by atoms with Crippen LogP contribution in [0.2, 0.25) is 0 Å². The summed E-state index contributed by atoms with van der Waals surface area (Å²) in [6.07, 6.45) is 9.75. The van der Waals surface area contributed by atoms with E-state index in [2.05, 4.69) is 27.2 Å². The second-order valence-corrected chi connectivity index (χ2v) is 8.83. The molecule has 3 heterocycles. The van der Waals surface area contributed by atoms with E-state index in [4.69, 9.17) is 10.7 Å². The molecule has 140 valence electrons. The number of nitrogens with zero attached hydrogens (tertiary/aromatic N) is 5. The molecule has 1 aromatic carbocycles. The first-order valence-electron chi connectivity index (χ1n) is 9.67. The van der Waals surface area contributed by atoms with Gasteiger partial charge in [0.15, 0.2) is 5.65 Å². The Morgan fingerprint density at radius 2 is 1.93 bits per heavy atom. The highest BCUT2D eigenvalue weighted by Crippen LogP contribution is 2.46. The molecule has 0 unspecified atom stereocenters. The minimum atomic E-state index is 0.353. The van der Waals surface area contributed by atoms with E-state index in [0.29, 0.717) is 11.5 Å². The Bertz CT molecular complexity index is 932. The lowest BCUT2D eigenvalue weighted by Gasteiger charge is -2.42. The number of anilines is 1. The molecule has 6 nitrogen and oxygen atoms in total. The Labute approximate surface area is 163 Å². The number of rotatable bonds is 3. The largest absolute Gasteiger partial charge is 0.342 e. The Kier molecular flexibility index (Phi) is 4.28. The zero-order valence-corrected chi connectivity index (χ0v) is 16.1. The van der Waals surface area contributed by atoms with Crippen LogP contribution in [0, 0.1) is 5.41 Å². The van der Waals surface area contributed by atoms with E-state index in [9.17, 15) is 0 Å². The Balaban J connectivity index is 1.41. The van der Waals surface area contributed by atoms with E-state index in [0.717, 1.165) is 42.4 Å². The quantitative estimate of drug-likeness (QED) is 0.751. The Hall–Kier alpha value is -2.12. The summed E-state index contributed by atoms with van der Waals surface area (Å²) >= 11 is 1.67. The summed E-state index contributed by atoms with van der Waals surface area (Å²) in [5.74, 6) is 0.939. The van der Waals surface area contributed by atoms with Crippen molar-refractivity contribution in [3.8, 4) is 0 Å². The number of fused-ring (bicyclic) bond motifs is 1. The van der Waals surface area contributed by atoms with Gasteiger partial charge in [-0.1, -0.05) is 36.4 Å². The molecule has 27 heavy (non-hydrogen) atoms. The number of piperidine rings is 1. The molecule has 2 N–H and O–H groups in total. The molecule has 0 amide bonds. The number of aromatic nitrogens is 4. The SMILES string of the molecule is N[C@@H]1CCCC12CCN(c1ncc(Sc3ccccc3)c3nncn13)CC2. The number of hydrogen-bond acceptors (Lipinski definition) is 6. The van der Waals surface area contributed by atoms with Gasteiger partial charge in [0.05, 0.1) is 4.90 Å². The summed E-state index contributed by atoms with van der Waals surface area (Å²) in [6.45, 7) is 2.00. The van der Waals surface area contributed by atoms with E-state index in [1.807, 2.05) is 28.8 Å². The summed E-state index contributed by atoms with van der Waals surface area (Å²) in [5, 5.41) is 8.51. The molecular formula is C20H24N6S. The van der Waals surface area contributed by atoms with Crippen molar-refractivity contribution in [1.29, 1.82) is 0 Å². The summed E-state index contributed by atoms with van der Waals surface area (Å²) in [5.41, 5.74) is 7.65. The van der Waals surface area contributed by atoms with Crippen LogP contribution in [0.1, 0.15) is 32.1 Å². The molecule has 1 atom stereocenters. The fraction of sp³-hybridized carbons (Fsp3) is 0.450. The van der Waals surface area contributed by atoms with E-state index in [-0.39, 0.29) is 0 Å². The van der Waals surface area contributed by atoms with Crippen LogP contribution in [0.15, 0.2) is 52.6 Å². The molecule has 1 spiro atoms. The summed E-state index contributed by atoms with van der Waals surface area (Å²) in [6, 6.07) is 10.7. The molecule has 1 aliphatic carbocycles. The molecule has 1 saturated heterocycles. The first-order chi connectivity index (χ1) is 13.3. The molecule has 5 rings (SSSR count). The highest BCUT2D eigenvalue weighted by atomic mass is 32.2. The van der Waals surface area contributed by atoms with E-state index < -0.39 is 0 Å². The van der Waals surface area contributed by atoms with Crippen LogP contribution in [0.4, 0.5) is 5.95 Å². The third-order valence-electron chi connectivity index (χ3n) is 6.27. The van der Waals surface area contributed by atoms with Crippen LogP contribution < -0.4 is 10.6 Å². The van der Waals surface area contributed by atoms with Crippen LogP contribution in [0.25, 0.3) is 5.65 Å². The first-order valence-corrected chi connectivity index (χ1v) is 10.5. The maximum atomic E-state index is 6.43. The first kappa shape index (κ1) is 17.0. The van der Waals surface area contributed by atoms with E-state index >= 15 is 0 Å². The number of hydrogen-bond donors (Lipinski definition) is 1. The molecular weight excluding hydrogens is 356 g/mol. The average molecular weight is 381 g/mol. The maximum absolute atomic E-state index is 6.43. The monoisotopic (exact) mass is 380 g/mol. The summed E-state index contributed by atoms with van der Waals surface area (Å²) in [4.78, 5) is 9.35. The molecule has 1 aliphatic heterocycles. The average Bonchev–Trinajstić information content (AvgIpc) is 3.32. The highest BCUT2D eigenvalue weighted by Gasteiger charge is 2.43. The Morgan fingerprint density at radius 3 is 2.67 bits per heavy atom. The van der Waals surface area contributed by atoms with Crippen molar-refractivity contribution in [3.63, 3.8) is 0 Å². The van der Waals surface area contributed by atoms with Crippen LogP contribution in [0.3, 0.4) is 0 Å². The van der Waals surface area contributed by atoms with Gasteiger partial charge in [0, 0.05) is 30.2 Å². The van der Waals surface area contributed by atoms with Gasteiger partial charge in [0.25, 0.3) is 0 Å². The van der Waals surface area contributed by atoms with Gasteiger partial charge in [-0.25, -0.2) is 9.38 Å². The number of nitrogens with two attached hydrogens (primary N) is 1. The Morgan fingerprint density at radius 1 is 1.11 bits per heavy atom. The fourth-order valence-corrected chi connectivity index (χ4v) is 5.53. The molecule has 2 aromatic heterocycles. The predicted molar refractivity (Wildman–Crippen MR) is 107 cm³/mol. The van der Waals surface area contributed by atoms with Crippen LogP contribution >= 0.6 is 11.8 Å². The minimum Gasteiger partial charge on any atom is -0.342 e. The molecule has 0 radical (unpaired) electrons. The lowest BCUT2D eigenvalue weighted by Crippen LogP contribution is -2.47. The molecule has 1 saturated carbocycles. The summed E-state index contributed by atoms with van der Waals surface area (Å²) in [7, 11) is 0. The summed E-state index contributed by atoms with van der Waals surface area (Å²) < 4.78 is 2.03. The molecule has 0 bridgehead atoms. The molecule has 7 heteroatoms. The minimum absolute atomic E-state index is 0.353. The van der Waals surface area contributed by atoms with Gasteiger partial charge >= 0.3 is 0 Å². The third-order valence-corrected chi connectivity index (χ3v) is 7.29. The fourth-order valence-electron chi connectivity index (χ4n) is 4.65. The van der Waals surface area contributed by atoms with E-state index in [1.54, 1.807) is 18.1 Å². The van der Waals surface area contributed by atoms with Crippen molar-refractivity contribution in [3.05, 3.63) is 42.9 Å². The third kappa shape index (κ3) is 2.99.